The number of ether oxygens (including phenoxy) is 4. The van der Waals surface area contributed by atoms with E-state index in [2.05, 4.69) is 0 Å². The number of carbonyl (C=O) groups excluding carboxylic acids is 2. The van der Waals surface area contributed by atoms with Gasteiger partial charge in [0, 0.05) is 41.0 Å². The number of Topliss-reactive ketones (excluding diaryl/α,β-unsaturated/α-hetero) is 1. The van der Waals surface area contributed by atoms with Crippen LogP contribution in [-0.2, 0) is 19.1 Å². The first-order valence-electron chi connectivity index (χ1n) is 12.4. The van der Waals surface area contributed by atoms with Crippen molar-refractivity contribution in [3.63, 3.8) is 0 Å². The molecule has 0 fully saturated rings. The Bertz CT molecular complexity index is 1240. The van der Waals surface area contributed by atoms with E-state index in [0.29, 0.717) is 53.1 Å². The van der Waals surface area contributed by atoms with Gasteiger partial charge in [0.05, 0.1) is 20.8 Å². The molecule has 3 atom stereocenters. The molecule has 0 spiro atoms. The lowest BCUT2D eigenvalue weighted by molar-refractivity contribution is -0.148. The van der Waals surface area contributed by atoms with Crippen molar-refractivity contribution in [2.24, 2.45) is 10.9 Å². The number of nitrogens with zero attached hydrogens (tertiary/aromatic N) is 1. The fourth-order valence-corrected chi connectivity index (χ4v) is 5.46. The summed E-state index contributed by atoms with van der Waals surface area (Å²) in [5.74, 6) is -0.643. The van der Waals surface area contributed by atoms with Gasteiger partial charge in [-0.1, -0.05) is 35.9 Å². The van der Waals surface area contributed by atoms with Crippen molar-refractivity contribution in [3.8, 4) is 11.5 Å². The van der Waals surface area contributed by atoms with Gasteiger partial charge in [0.1, 0.15) is 12.5 Å². The molecule has 2 aromatic carbocycles. The third-order valence-electron chi connectivity index (χ3n) is 6.94. The quantitative estimate of drug-likeness (QED) is 0.317. The van der Waals surface area contributed by atoms with Gasteiger partial charge in [0.25, 0.3) is 0 Å². The zero-order chi connectivity index (χ0) is 26.5. The second-order valence-corrected chi connectivity index (χ2v) is 9.50. The van der Waals surface area contributed by atoms with Crippen LogP contribution in [0.1, 0.15) is 49.7 Å². The normalized spacial score (nSPS) is 21.3. The van der Waals surface area contributed by atoms with E-state index in [-0.39, 0.29) is 24.7 Å². The molecule has 7 nitrogen and oxygen atoms in total. The maximum atomic E-state index is 13.8. The fourth-order valence-electron chi connectivity index (χ4n) is 5.21. The minimum Gasteiger partial charge on any atom is -0.493 e. The van der Waals surface area contributed by atoms with E-state index in [1.54, 1.807) is 20.3 Å². The largest absolute Gasteiger partial charge is 0.493 e. The molecule has 0 saturated heterocycles. The molecule has 0 amide bonds. The van der Waals surface area contributed by atoms with Gasteiger partial charge < -0.3 is 18.9 Å². The van der Waals surface area contributed by atoms with Crippen molar-refractivity contribution < 1.29 is 28.5 Å². The summed E-state index contributed by atoms with van der Waals surface area (Å²) in [5, 5.41) is 0.496. The molecule has 37 heavy (non-hydrogen) atoms. The molecule has 0 aromatic heterocycles. The lowest BCUT2D eigenvalue weighted by Gasteiger charge is -2.37. The van der Waals surface area contributed by atoms with E-state index in [1.165, 1.54) is 0 Å². The van der Waals surface area contributed by atoms with E-state index in [1.807, 2.05) is 50.2 Å². The van der Waals surface area contributed by atoms with Crippen LogP contribution < -0.4 is 9.47 Å². The molecule has 2 aromatic rings. The number of methoxy groups -OCH3 is 2. The Morgan fingerprint density at radius 2 is 1.81 bits per heavy atom. The zero-order valence-electron chi connectivity index (χ0n) is 21.6. The van der Waals surface area contributed by atoms with Crippen LogP contribution in [0.5, 0.6) is 11.5 Å². The van der Waals surface area contributed by atoms with Gasteiger partial charge in [-0.05, 0) is 55.5 Å². The summed E-state index contributed by atoms with van der Waals surface area (Å²) < 4.78 is 21.7. The standard InChI is InChI=1S/C29H32ClNO6/c1-5-36-12-13-37-29(33)26-17(2)31-22-14-19(18-10-11-24(34-3)25(16-18)35-4)15-23(32)28(22)27(26)20-8-6-7-9-21(20)30/h6-11,16,19,26-27H,5,12-15H2,1-4H3/t19-,26?,27-/m1/s1. The number of allylic oxidation sites excluding steroid dienone is 2. The van der Waals surface area contributed by atoms with E-state index < -0.39 is 17.8 Å². The number of ketones is 1. The second kappa shape index (κ2) is 11.9. The first-order chi connectivity index (χ1) is 17.9. The molecule has 0 saturated carbocycles. The first-order valence-corrected chi connectivity index (χ1v) is 12.8. The molecule has 1 heterocycles. The molecule has 0 bridgehead atoms. The van der Waals surface area contributed by atoms with Crippen LogP contribution in [0.25, 0.3) is 0 Å². The van der Waals surface area contributed by atoms with Crippen molar-refractivity contribution >= 4 is 29.1 Å². The molecule has 1 unspecified atom stereocenters. The molecule has 4 rings (SSSR count). The molecule has 2 aliphatic rings. The Balaban J connectivity index is 1.72. The second-order valence-electron chi connectivity index (χ2n) is 9.10. The summed E-state index contributed by atoms with van der Waals surface area (Å²) >= 11 is 6.61. The van der Waals surface area contributed by atoms with Crippen LogP contribution >= 0.6 is 11.6 Å². The molecule has 1 aliphatic heterocycles. The minimum atomic E-state index is -0.748. The number of carbonyl (C=O) groups is 2. The Hall–Kier alpha value is -3.16. The molecule has 0 radical (unpaired) electrons. The number of hydrogen-bond donors (Lipinski definition) is 0. The lowest BCUT2D eigenvalue weighted by Crippen LogP contribution is -2.38. The summed E-state index contributed by atoms with van der Waals surface area (Å²) in [5.41, 5.74) is 3.53. The molecular formula is C29H32ClNO6. The van der Waals surface area contributed by atoms with E-state index in [0.717, 1.165) is 11.1 Å². The summed E-state index contributed by atoms with van der Waals surface area (Å²) in [6.07, 6.45) is 0.844. The molecule has 0 N–H and O–H groups in total. The van der Waals surface area contributed by atoms with E-state index >= 15 is 0 Å². The van der Waals surface area contributed by atoms with Gasteiger partial charge in [-0.15, -0.1) is 0 Å². The van der Waals surface area contributed by atoms with E-state index in [4.69, 9.17) is 35.5 Å². The minimum absolute atomic E-state index is 0.0469. The lowest BCUT2D eigenvalue weighted by atomic mass is 9.69. The summed E-state index contributed by atoms with van der Waals surface area (Å²) in [7, 11) is 3.18. The number of aliphatic imine (C=N–C) groups is 1. The highest BCUT2D eigenvalue weighted by atomic mass is 35.5. The maximum absolute atomic E-state index is 13.8. The van der Waals surface area contributed by atoms with Gasteiger partial charge in [-0.25, -0.2) is 0 Å². The van der Waals surface area contributed by atoms with Crippen LogP contribution in [0.2, 0.25) is 5.02 Å². The zero-order valence-corrected chi connectivity index (χ0v) is 22.3. The Morgan fingerprint density at radius 3 is 2.51 bits per heavy atom. The van der Waals surface area contributed by atoms with Crippen LogP contribution in [0.3, 0.4) is 0 Å². The van der Waals surface area contributed by atoms with Gasteiger partial charge >= 0.3 is 5.97 Å². The maximum Gasteiger partial charge on any atom is 0.315 e. The smallest absolute Gasteiger partial charge is 0.315 e. The number of halogens is 1. The Labute approximate surface area is 222 Å². The average molecular weight is 526 g/mol. The summed E-state index contributed by atoms with van der Waals surface area (Å²) in [6, 6.07) is 13.0. The van der Waals surface area contributed by atoms with Crippen molar-refractivity contribution in [1.29, 1.82) is 0 Å². The highest BCUT2D eigenvalue weighted by Crippen LogP contribution is 2.48. The van der Waals surface area contributed by atoms with Crippen molar-refractivity contribution in [2.75, 3.05) is 34.0 Å². The third kappa shape index (κ3) is 5.58. The van der Waals surface area contributed by atoms with E-state index in [9.17, 15) is 9.59 Å². The molecule has 1 aliphatic carbocycles. The summed E-state index contributed by atoms with van der Waals surface area (Å²) in [6.45, 7) is 4.67. The predicted molar refractivity (Wildman–Crippen MR) is 142 cm³/mol. The van der Waals surface area contributed by atoms with Crippen molar-refractivity contribution in [2.45, 2.75) is 38.5 Å². The molecular weight excluding hydrogens is 494 g/mol. The highest BCUT2D eigenvalue weighted by molar-refractivity contribution is 6.31. The van der Waals surface area contributed by atoms with Crippen LogP contribution in [0.15, 0.2) is 58.7 Å². The van der Waals surface area contributed by atoms with Crippen LogP contribution in [-0.4, -0.2) is 51.5 Å². The van der Waals surface area contributed by atoms with Crippen molar-refractivity contribution in [3.05, 3.63) is 69.9 Å². The monoisotopic (exact) mass is 525 g/mol. The Morgan fingerprint density at radius 1 is 1.05 bits per heavy atom. The number of rotatable bonds is 9. The fraction of sp³-hybridized carbons (Fsp3) is 0.414. The first kappa shape index (κ1) is 26.9. The van der Waals surface area contributed by atoms with Crippen molar-refractivity contribution in [1.82, 2.24) is 0 Å². The number of esters is 1. The number of benzene rings is 2. The highest BCUT2D eigenvalue weighted by Gasteiger charge is 2.45. The number of hydrogen-bond acceptors (Lipinski definition) is 7. The topological polar surface area (TPSA) is 83.4 Å². The van der Waals surface area contributed by atoms with Gasteiger partial charge in [0.15, 0.2) is 17.3 Å². The summed E-state index contributed by atoms with van der Waals surface area (Å²) in [4.78, 5) is 31.9. The Kier molecular flexibility index (Phi) is 8.67. The van der Waals surface area contributed by atoms with Gasteiger partial charge in [-0.2, -0.15) is 0 Å². The molecule has 196 valence electrons. The predicted octanol–water partition coefficient (Wildman–Crippen LogP) is 5.51. The van der Waals surface area contributed by atoms with Crippen LogP contribution in [0, 0.1) is 5.92 Å². The molecule has 8 heteroatoms. The van der Waals surface area contributed by atoms with Crippen LogP contribution in [0.4, 0.5) is 0 Å². The van der Waals surface area contributed by atoms with Gasteiger partial charge in [0.2, 0.25) is 0 Å². The van der Waals surface area contributed by atoms with Gasteiger partial charge in [-0.3, -0.25) is 14.6 Å². The average Bonchev–Trinajstić information content (AvgIpc) is 2.90. The SMILES string of the molecule is CCOCCOC(=O)C1C(C)=NC2=C(C(=O)C[C@H](c3ccc(OC)c(OC)c3)C2)[C@@H]1c1ccccc1Cl. The third-order valence-corrected chi connectivity index (χ3v) is 7.28.